The third-order valence-electron chi connectivity index (χ3n) is 6.40. The largest absolute Gasteiger partial charge is 0.388 e. The van der Waals surface area contributed by atoms with E-state index in [0.717, 1.165) is 23.9 Å². The summed E-state index contributed by atoms with van der Waals surface area (Å²) >= 11 is 0. The summed E-state index contributed by atoms with van der Waals surface area (Å²) in [4.78, 5) is 14.9. The molecule has 2 saturated heterocycles. The number of benzene rings is 2. The topological polar surface area (TPSA) is 146 Å². The number of fused-ring (bicyclic) bond motifs is 1. The molecule has 2 aliphatic heterocycles. The van der Waals surface area contributed by atoms with E-state index in [0.29, 0.717) is 5.56 Å². The zero-order valence-corrected chi connectivity index (χ0v) is 18.7. The molecule has 9 nitrogen and oxygen atoms in total. The van der Waals surface area contributed by atoms with Crippen molar-refractivity contribution in [2.45, 2.75) is 50.0 Å². The molecular formula is C25H29N3O6. The van der Waals surface area contributed by atoms with E-state index >= 15 is 0 Å². The Balaban J connectivity index is 1.44. The number of carbonyl (C=O) groups is 1. The Labute approximate surface area is 197 Å². The van der Waals surface area contributed by atoms with Gasteiger partial charge in [-0.15, -0.1) is 0 Å². The van der Waals surface area contributed by atoms with Crippen molar-refractivity contribution in [2.75, 3.05) is 24.5 Å². The molecule has 1 amide bonds. The molecule has 0 aromatic heterocycles. The number of piperidine rings is 1. The van der Waals surface area contributed by atoms with Gasteiger partial charge in [0.25, 0.3) is 5.91 Å². The van der Waals surface area contributed by atoms with E-state index in [1.54, 1.807) is 0 Å². The number of nitriles is 1. The van der Waals surface area contributed by atoms with E-state index in [2.05, 4.69) is 22.3 Å². The summed E-state index contributed by atoms with van der Waals surface area (Å²) in [5.41, 5.74) is 1.74. The monoisotopic (exact) mass is 467 g/mol. The van der Waals surface area contributed by atoms with Gasteiger partial charge in [-0.2, -0.15) is 5.26 Å². The van der Waals surface area contributed by atoms with Crippen molar-refractivity contribution in [1.82, 2.24) is 5.32 Å². The highest BCUT2D eigenvalue weighted by atomic mass is 16.6. The maximum atomic E-state index is 12.5. The molecule has 34 heavy (non-hydrogen) atoms. The van der Waals surface area contributed by atoms with Gasteiger partial charge in [0.1, 0.15) is 36.1 Å². The highest BCUT2D eigenvalue weighted by Gasteiger charge is 2.42. The molecule has 0 bridgehead atoms. The maximum absolute atomic E-state index is 12.5. The van der Waals surface area contributed by atoms with Crippen LogP contribution in [0.15, 0.2) is 42.0 Å². The number of anilines is 1. The highest BCUT2D eigenvalue weighted by molar-refractivity contribution is 6.02. The second-order valence-electron chi connectivity index (χ2n) is 8.76. The Morgan fingerprint density at radius 2 is 1.74 bits per heavy atom. The molecular weight excluding hydrogens is 438 g/mol. The normalized spacial score (nSPS) is 27.9. The SMILES string of the molecule is N#CC(=Cc1ccc2cc(N3CCCCC3)ccc2c1)C(=O)NC[C@H]1OC(O)[C@H](O)[C@@H](O)[C@@H]1O. The first-order valence-electron chi connectivity index (χ1n) is 11.4. The van der Waals surface area contributed by atoms with Crippen LogP contribution in [0.1, 0.15) is 24.8 Å². The zero-order chi connectivity index (χ0) is 24.2. The minimum absolute atomic E-state index is 0.143. The van der Waals surface area contributed by atoms with Crippen LogP contribution in [0.4, 0.5) is 5.69 Å². The molecule has 0 radical (unpaired) electrons. The molecule has 0 aliphatic carbocycles. The van der Waals surface area contributed by atoms with Gasteiger partial charge in [-0.25, -0.2) is 0 Å². The number of aliphatic hydroxyl groups excluding tert-OH is 4. The second kappa shape index (κ2) is 10.5. The number of carbonyl (C=O) groups excluding carboxylic acids is 1. The van der Waals surface area contributed by atoms with Gasteiger partial charge >= 0.3 is 0 Å². The number of rotatable bonds is 5. The van der Waals surface area contributed by atoms with Crippen molar-refractivity contribution in [3.63, 3.8) is 0 Å². The number of aliphatic hydroxyl groups is 4. The van der Waals surface area contributed by atoms with Crippen LogP contribution >= 0.6 is 0 Å². The molecule has 2 aliphatic rings. The van der Waals surface area contributed by atoms with Crippen LogP contribution in [0.5, 0.6) is 0 Å². The standard InChI is InChI=1S/C25H29N3O6/c26-13-18(24(32)27-14-20-21(29)22(30)23(31)25(33)34-20)11-15-4-5-17-12-19(7-6-16(17)10-15)28-8-2-1-3-9-28/h4-7,10-12,20-23,25,29-31,33H,1-3,8-9,14H2,(H,27,32)/t20-,21-,22+,23-,25?/m1/s1. The van der Waals surface area contributed by atoms with E-state index in [1.807, 2.05) is 30.3 Å². The Hall–Kier alpha value is -3.00. The molecule has 0 spiro atoms. The number of hydrogen-bond donors (Lipinski definition) is 5. The molecule has 2 aromatic rings. The average molecular weight is 468 g/mol. The predicted octanol–water partition coefficient (Wildman–Crippen LogP) is 0.653. The predicted molar refractivity (Wildman–Crippen MR) is 126 cm³/mol. The van der Waals surface area contributed by atoms with Gasteiger partial charge in [-0.05, 0) is 59.9 Å². The summed E-state index contributed by atoms with van der Waals surface area (Å²) in [6, 6.07) is 13.9. The Morgan fingerprint density at radius 1 is 1.03 bits per heavy atom. The van der Waals surface area contributed by atoms with Gasteiger partial charge in [-0.3, -0.25) is 4.79 Å². The lowest BCUT2D eigenvalue weighted by Crippen LogP contribution is -2.60. The third-order valence-corrected chi connectivity index (χ3v) is 6.40. The maximum Gasteiger partial charge on any atom is 0.262 e. The van der Waals surface area contributed by atoms with E-state index in [1.165, 1.54) is 31.0 Å². The van der Waals surface area contributed by atoms with E-state index in [-0.39, 0.29) is 12.1 Å². The summed E-state index contributed by atoms with van der Waals surface area (Å²) in [6.07, 6.45) is -2.47. The van der Waals surface area contributed by atoms with Crippen molar-refractivity contribution < 1.29 is 30.0 Å². The summed E-state index contributed by atoms with van der Waals surface area (Å²) in [5.74, 6) is -0.686. The van der Waals surface area contributed by atoms with Crippen LogP contribution in [0.25, 0.3) is 16.8 Å². The van der Waals surface area contributed by atoms with E-state index in [9.17, 15) is 30.5 Å². The van der Waals surface area contributed by atoms with Crippen molar-refractivity contribution in [1.29, 1.82) is 5.26 Å². The molecule has 5 atom stereocenters. The molecule has 5 N–H and O–H groups in total. The van der Waals surface area contributed by atoms with Gasteiger partial charge in [-0.1, -0.05) is 18.2 Å². The second-order valence-corrected chi connectivity index (χ2v) is 8.76. The van der Waals surface area contributed by atoms with Gasteiger partial charge in [0.05, 0.1) is 0 Å². The van der Waals surface area contributed by atoms with Crippen molar-refractivity contribution in [3.05, 3.63) is 47.5 Å². The van der Waals surface area contributed by atoms with Crippen LogP contribution in [0.3, 0.4) is 0 Å². The Bertz CT molecular complexity index is 1110. The lowest BCUT2D eigenvalue weighted by molar-refractivity contribution is -0.280. The van der Waals surface area contributed by atoms with Crippen LogP contribution < -0.4 is 10.2 Å². The Kier molecular flexibility index (Phi) is 7.46. The van der Waals surface area contributed by atoms with Gasteiger partial charge in [0, 0.05) is 25.3 Å². The summed E-state index contributed by atoms with van der Waals surface area (Å²) in [7, 11) is 0. The highest BCUT2D eigenvalue weighted by Crippen LogP contribution is 2.26. The van der Waals surface area contributed by atoms with E-state index < -0.39 is 36.6 Å². The Morgan fingerprint density at radius 3 is 2.47 bits per heavy atom. The van der Waals surface area contributed by atoms with Gasteiger partial charge in [0.15, 0.2) is 6.29 Å². The van der Waals surface area contributed by atoms with Crippen molar-refractivity contribution >= 4 is 28.4 Å². The van der Waals surface area contributed by atoms with Crippen molar-refractivity contribution in [2.24, 2.45) is 0 Å². The minimum atomic E-state index is -1.70. The fourth-order valence-corrected chi connectivity index (χ4v) is 4.39. The molecule has 9 heteroatoms. The average Bonchev–Trinajstić information content (AvgIpc) is 2.87. The lowest BCUT2D eigenvalue weighted by Gasteiger charge is -2.38. The molecule has 4 rings (SSSR count). The fraction of sp³-hybridized carbons (Fsp3) is 0.440. The number of hydrogen-bond acceptors (Lipinski definition) is 8. The number of amides is 1. The first-order chi connectivity index (χ1) is 16.4. The fourth-order valence-electron chi connectivity index (χ4n) is 4.39. The zero-order valence-electron chi connectivity index (χ0n) is 18.7. The van der Waals surface area contributed by atoms with Crippen LogP contribution in [0.2, 0.25) is 0 Å². The number of ether oxygens (including phenoxy) is 1. The molecule has 2 heterocycles. The number of nitrogens with zero attached hydrogens (tertiary/aromatic N) is 2. The van der Waals surface area contributed by atoms with Crippen LogP contribution in [-0.2, 0) is 9.53 Å². The first-order valence-corrected chi connectivity index (χ1v) is 11.4. The van der Waals surface area contributed by atoms with Crippen LogP contribution in [-0.4, -0.2) is 76.7 Å². The molecule has 2 aromatic carbocycles. The molecule has 1 unspecified atom stereocenters. The number of nitrogens with one attached hydrogen (secondary N) is 1. The lowest BCUT2D eigenvalue weighted by atomic mass is 9.99. The summed E-state index contributed by atoms with van der Waals surface area (Å²) < 4.78 is 5.04. The van der Waals surface area contributed by atoms with Gasteiger partial charge in [0.2, 0.25) is 0 Å². The van der Waals surface area contributed by atoms with Crippen LogP contribution in [0, 0.1) is 11.3 Å². The van der Waals surface area contributed by atoms with Crippen molar-refractivity contribution in [3.8, 4) is 6.07 Å². The van der Waals surface area contributed by atoms with E-state index in [4.69, 9.17) is 4.74 Å². The quantitative estimate of drug-likeness (QED) is 0.318. The van der Waals surface area contributed by atoms with Gasteiger partial charge < -0.3 is 35.4 Å². The summed E-state index contributed by atoms with van der Waals surface area (Å²) in [6.45, 7) is 1.86. The minimum Gasteiger partial charge on any atom is -0.388 e. The molecule has 2 fully saturated rings. The third kappa shape index (κ3) is 5.22. The molecule has 180 valence electrons. The first kappa shape index (κ1) is 24.1. The summed E-state index contributed by atoms with van der Waals surface area (Å²) in [5, 5.41) is 52.9. The molecule has 0 saturated carbocycles. The smallest absolute Gasteiger partial charge is 0.262 e.